The Morgan fingerprint density at radius 2 is 0.886 bits per heavy atom. The van der Waals surface area contributed by atoms with E-state index in [1.54, 1.807) is 24.5 Å². The number of ketones is 1. The summed E-state index contributed by atoms with van der Waals surface area (Å²) in [5.41, 5.74) is 5.86. The SMILES string of the molecule is CC(C)[PH+](CC[PH+](C(C)C)C(C)C)C(C)C.O=C(/C=C/c1ccccc1)/C=C/c1ccccc1.[Ni]. The van der Waals surface area contributed by atoms with Crippen LogP contribution in [0.5, 0.6) is 0 Å². The predicted octanol–water partition coefficient (Wildman–Crippen LogP) is 9.03. The van der Waals surface area contributed by atoms with Gasteiger partial charge in [-0.1, -0.05) is 72.8 Å². The summed E-state index contributed by atoms with van der Waals surface area (Å²) >= 11 is 0. The molecule has 2 rings (SSSR count). The summed E-state index contributed by atoms with van der Waals surface area (Å²) in [6.07, 6.45) is 9.91. The third-order valence-electron chi connectivity index (χ3n) is 6.15. The molecule has 0 saturated heterocycles. The number of hydrogen-bond acceptors (Lipinski definition) is 1. The molecule has 0 spiro atoms. The molecule has 0 bridgehead atoms. The normalized spacial score (nSPS) is 11.7. The Morgan fingerprint density at radius 1 is 0.600 bits per heavy atom. The van der Waals surface area contributed by atoms with Crippen molar-refractivity contribution in [3.8, 4) is 0 Å². The van der Waals surface area contributed by atoms with Gasteiger partial charge in [-0.2, -0.15) is 0 Å². The average Bonchev–Trinajstić information content (AvgIpc) is 2.80. The van der Waals surface area contributed by atoms with Crippen LogP contribution in [-0.2, 0) is 21.3 Å². The summed E-state index contributed by atoms with van der Waals surface area (Å²) in [5, 5.41) is 0. The first-order chi connectivity index (χ1) is 16.1. The second-order valence-corrected chi connectivity index (χ2v) is 18.1. The van der Waals surface area contributed by atoms with Gasteiger partial charge in [0.15, 0.2) is 5.78 Å². The molecule has 4 heteroatoms. The van der Waals surface area contributed by atoms with Gasteiger partial charge in [0.2, 0.25) is 0 Å². The topological polar surface area (TPSA) is 17.1 Å². The van der Waals surface area contributed by atoms with Crippen LogP contribution in [0.25, 0.3) is 12.2 Å². The van der Waals surface area contributed by atoms with Gasteiger partial charge in [-0.25, -0.2) is 0 Å². The molecule has 1 nitrogen and oxygen atoms in total. The van der Waals surface area contributed by atoms with Crippen molar-refractivity contribution in [2.24, 2.45) is 0 Å². The molecule has 0 saturated carbocycles. The van der Waals surface area contributed by atoms with Crippen LogP contribution < -0.4 is 0 Å². The largest absolute Gasteiger partial charge is 0.290 e. The molecule has 196 valence electrons. The van der Waals surface area contributed by atoms with Gasteiger partial charge in [0.25, 0.3) is 0 Å². The van der Waals surface area contributed by atoms with Crippen LogP contribution in [0.4, 0.5) is 0 Å². The van der Waals surface area contributed by atoms with Gasteiger partial charge in [0.05, 0.1) is 35.0 Å². The first-order valence-corrected chi connectivity index (χ1v) is 16.6. The third kappa shape index (κ3) is 14.9. The van der Waals surface area contributed by atoms with Crippen LogP contribution in [0.15, 0.2) is 72.8 Å². The Kier molecular flexibility index (Phi) is 18.5. The van der Waals surface area contributed by atoms with Gasteiger partial charge < -0.3 is 0 Å². The summed E-state index contributed by atoms with van der Waals surface area (Å²) in [5.74, 6) is -0.0114. The Balaban J connectivity index is 0.000000648. The number of hydrogen-bond donors (Lipinski definition) is 0. The van der Waals surface area contributed by atoms with Crippen LogP contribution in [0.2, 0.25) is 0 Å². The minimum atomic E-state index is -0.114. The van der Waals surface area contributed by atoms with Gasteiger partial charge in [0.1, 0.15) is 0 Å². The van der Waals surface area contributed by atoms with Gasteiger partial charge in [0, 0.05) is 32.3 Å². The number of carbonyl (C=O) groups is 1. The van der Waals surface area contributed by atoms with Gasteiger partial charge in [-0.05, 0) is 78.7 Å². The van der Waals surface area contributed by atoms with E-state index in [9.17, 15) is 4.79 Å². The van der Waals surface area contributed by atoms with E-state index in [1.165, 1.54) is 0 Å². The van der Waals surface area contributed by atoms with Gasteiger partial charge in [-0.3, -0.25) is 4.79 Å². The second kappa shape index (κ2) is 19.1. The molecule has 0 aromatic heterocycles. The van der Waals surface area contributed by atoms with Crippen molar-refractivity contribution >= 4 is 33.8 Å². The molecule has 0 heterocycles. The maximum atomic E-state index is 11.6. The Bertz CT molecular complexity index is 771. The van der Waals surface area contributed by atoms with Crippen LogP contribution in [0.1, 0.15) is 66.5 Å². The zero-order chi connectivity index (χ0) is 25.5. The Morgan fingerprint density at radius 3 is 1.14 bits per heavy atom. The van der Waals surface area contributed by atoms with E-state index < -0.39 is 0 Å². The quantitative estimate of drug-likeness (QED) is 0.153. The van der Waals surface area contributed by atoms with Gasteiger partial charge >= 0.3 is 0 Å². The number of allylic oxidation sites excluding steroid dienone is 2. The zero-order valence-corrected chi connectivity index (χ0v) is 26.0. The molecule has 35 heavy (non-hydrogen) atoms. The minimum Gasteiger partial charge on any atom is -0.290 e. The smallest absolute Gasteiger partial charge is 0.178 e. The van der Waals surface area contributed by atoms with Crippen LogP contribution in [0.3, 0.4) is 0 Å². The first kappa shape index (κ1) is 33.9. The Hall–Kier alpha value is -1.06. The molecule has 0 aliphatic carbocycles. The molecule has 2 aromatic rings. The summed E-state index contributed by atoms with van der Waals surface area (Å²) in [6, 6.07) is 19.6. The molecule has 0 amide bonds. The summed E-state index contributed by atoms with van der Waals surface area (Å²) in [7, 11) is -0.229. The van der Waals surface area contributed by atoms with Gasteiger partial charge in [-0.15, -0.1) is 0 Å². The molecule has 0 fully saturated rings. The summed E-state index contributed by atoms with van der Waals surface area (Å²) < 4.78 is 0. The molecule has 0 radical (unpaired) electrons. The van der Waals surface area contributed by atoms with Crippen LogP contribution in [-0.4, -0.2) is 40.7 Å². The fourth-order valence-electron chi connectivity index (χ4n) is 4.32. The van der Waals surface area contributed by atoms with Crippen molar-refractivity contribution in [2.45, 2.75) is 78.0 Å². The van der Waals surface area contributed by atoms with Crippen molar-refractivity contribution in [2.75, 3.05) is 12.3 Å². The minimum absolute atomic E-state index is 0. The molecule has 0 unspecified atom stereocenters. The first-order valence-electron chi connectivity index (χ1n) is 12.8. The fourth-order valence-corrected chi connectivity index (χ4v) is 11.6. The van der Waals surface area contributed by atoms with Crippen LogP contribution >= 0.6 is 15.8 Å². The van der Waals surface area contributed by atoms with Crippen LogP contribution in [0, 0.1) is 0 Å². The standard InChI is InChI=1S/C17H14O.C14H32P2.Ni/c18-17(13-11-15-7-3-1-4-8-15)14-12-16-9-5-2-6-10-16;1-11(2)15(12(3)4)9-10-16(13(5)6)14(7)8;/h1-14H;11-14H,9-10H2,1-8H3;/p+2/b13-11+,14-12+;;. The number of carbonyl (C=O) groups excluding carboxylic acids is 1. The van der Waals surface area contributed by atoms with E-state index in [0.717, 1.165) is 33.8 Å². The molecule has 2 aromatic carbocycles. The second-order valence-electron chi connectivity index (χ2n) is 10.2. The molecule has 0 aliphatic heterocycles. The molecule has 0 aliphatic rings. The molecular formula is C31H48NiOP2+2. The predicted molar refractivity (Wildman–Crippen MR) is 163 cm³/mol. The Labute approximate surface area is 228 Å². The van der Waals surface area contributed by atoms with E-state index in [4.69, 9.17) is 0 Å². The zero-order valence-electron chi connectivity index (χ0n) is 23.0. The van der Waals surface area contributed by atoms with Crippen molar-refractivity contribution in [3.05, 3.63) is 83.9 Å². The number of rotatable bonds is 11. The third-order valence-corrected chi connectivity index (χ3v) is 14.2. The monoisotopic (exact) mass is 556 g/mol. The van der Waals surface area contributed by atoms with E-state index in [0.29, 0.717) is 0 Å². The van der Waals surface area contributed by atoms with E-state index in [-0.39, 0.29) is 38.1 Å². The van der Waals surface area contributed by atoms with E-state index in [1.807, 2.05) is 72.8 Å². The van der Waals surface area contributed by atoms with Crippen molar-refractivity contribution < 1.29 is 21.3 Å². The average molecular weight is 557 g/mol. The number of benzene rings is 2. The van der Waals surface area contributed by atoms with Crippen molar-refractivity contribution in [3.63, 3.8) is 0 Å². The maximum Gasteiger partial charge on any atom is 0.178 e. The molecular weight excluding hydrogens is 509 g/mol. The fraction of sp³-hybridized carbons (Fsp3) is 0.452. The van der Waals surface area contributed by atoms with Crippen molar-refractivity contribution in [1.82, 2.24) is 0 Å². The van der Waals surface area contributed by atoms with Crippen molar-refractivity contribution in [1.29, 1.82) is 0 Å². The van der Waals surface area contributed by atoms with E-state index in [2.05, 4.69) is 55.4 Å². The summed E-state index contributed by atoms with van der Waals surface area (Å²) in [4.78, 5) is 11.6. The van der Waals surface area contributed by atoms with E-state index >= 15 is 0 Å². The molecule has 0 atom stereocenters. The summed E-state index contributed by atoms with van der Waals surface area (Å²) in [6.45, 7) is 19.5. The molecule has 0 N–H and O–H groups in total. The maximum absolute atomic E-state index is 11.6.